The zero-order chi connectivity index (χ0) is 15.4. The van der Waals surface area contributed by atoms with Gasteiger partial charge in [0.05, 0.1) is 12.0 Å². The fourth-order valence-electron chi connectivity index (χ4n) is 0.796. The summed E-state index contributed by atoms with van der Waals surface area (Å²) in [5.41, 5.74) is -0.475. The maximum Gasteiger partial charge on any atom is 0.312 e. The van der Waals surface area contributed by atoms with Gasteiger partial charge in [0, 0.05) is 0 Å². The van der Waals surface area contributed by atoms with E-state index in [0.717, 1.165) is 12.8 Å². The van der Waals surface area contributed by atoms with Crippen LogP contribution >= 0.6 is 0 Å². The van der Waals surface area contributed by atoms with Gasteiger partial charge in [0.2, 0.25) is 0 Å². The average molecular weight is 260 g/mol. The third-order valence-electron chi connectivity index (χ3n) is 3.12. The predicted molar refractivity (Wildman–Crippen MR) is 81.8 cm³/mol. The minimum absolute atomic E-state index is 0.0592. The van der Waals surface area contributed by atoms with Crippen LogP contribution in [-0.2, 0) is 9.53 Å². The Labute approximate surface area is 116 Å². The molecule has 18 heavy (non-hydrogen) atoms. The Bertz CT molecular complexity index is 188. The molecule has 0 aromatic heterocycles. The molecule has 0 heterocycles. The summed E-state index contributed by atoms with van der Waals surface area (Å²) in [6, 6.07) is 0. The quantitative estimate of drug-likeness (QED) is 0.496. The Morgan fingerprint density at radius 2 is 1.33 bits per heavy atom. The highest BCUT2D eigenvalue weighted by Gasteiger charge is 2.40. The molecule has 0 aliphatic carbocycles. The summed E-state index contributed by atoms with van der Waals surface area (Å²) >= 11 is 0. The predicted octanol–water partition coefficient (Wildman–Crippen LogP) is 5.45. The summed E-state index contributed by atoms with van der Waals surface area (Å²) in [5.74, 6) is -0.0848. The average Bonchev–Trinajstić information content (AvgIpc) is 2.33. The minimum Gasteiger partial charge on any atom is -0.465 e. The van der Waals surface area contributed by atoms with E-state index >= 15 is 0 Å². The fourth-order valence-corrected chi connectivity index (χ4v) is 0.796. The first-order valence-electron chi connectivity index (χ1n) is 7.40. The van der Waals surface area contributed by atoms with Gasteiger partial charge in [-0.2, -0.15) is 0 Å². The Kier molecular flexibility index (Phi) is 14.5. The van der Waals surface area contributed by atoms with Crippen LogP contribution in [-0.4, -0.2) is 12.6 Å². The molecule has 112 valence electrons. The summed E-state index contributed by atoms with van der Waals surface area (Å²) in [7, 11) is 0. The smallest absolute Gasteiger partial charge is 0.312 e. The van der Waals surface area contributed by atoms with Crippen LogP contribution in [0.4, 0.5) is 0 Å². The van der Waals surface area contributed by atoms with E-state index in [1.165, 1.54) is 0 Å². The maximum absolute atomic E-state index is 11.8. The monoisotopic (exact) mass is 260 g/mol. The van der Waals surface area contributed by atoms with Crippen molar-refractivity contribution in [3.63, 3.8) is 0 Å². The second kappa shape index (κ2) is 11.6. The summed E-state index contributed by atoms with van der Waals surface area (Å²) in [6.45, 7) is 20.7. The first kappa shape index (κ1) is 22.6. The summed E-state index contributed by atoms with van der Waals surface area (Å²) in [4.78, 5) is 11.8. The summed E-state index contributed by atoms with van der Waals surface area (Å²) in [5, 5.41) is 0. The molecular weight excluding hydrogens is 224 g/mol. The molecule has 0 radical (unpaired) electrons. The molecular formula is C16H36O2. The number of hydrogen-bond acceptors (Lipinski definition) is 2. The zero-order valence-corrected chi connectivity index (χ0v) is 14.4. The molecule has 2 heteroatoms. The molecule has 0 saturated heterocycles. The number of esters is 1. The SMILES string of the molecule is CC.CC.CCCCOC(=O)C(C)(C)C(C)(C)C. The van der Waals surface area contributed by atoms with E-state index in [-0.39, 0.29) is 11.4 Å². The minimum atomic E-state index is -0.416. The highest BCUT2D eigenvalue weighted by Crippen LogP contribution is 2.38. The van der Waals surface area contributed by atoms with E-state index in [9.17, 15) is 4.79 Å². The molecule has 0 aromatic rings. The lowest BCUT2D eigenvalue weighted by atomic mass is 9.69. The number of rotatable bonds is 4. The molecule has 0 aliphatic rings. The largest absolute Gasteiger partial charge is 0.465 e. The van der Waals surface area contributed by atoms with Crippen molar-refractivity contribution in [3.05, 3.63) is 0 Å². The van der Waals surface area contributed by atoms with Crippen molar-refractivity contribution in [3.8, 4) is 0 Å². The summed E-state index contributed by atoms with van der Waals surface area (Å²) < 4.78 is 5.23. The lowest BCUT2D eigenvalue weighted by molar-refractivity contribution is -0.160. The van der Waals surface area contributed by atoms with Crippen LogP contribution < -0.4 is 0 Å². The number of carbonyl (C=O) groups is 1. The van der Waals surface area contributed by atoms with Crippen molar-refractivity contribution in [2.75, 3.05) is 6.61 Å². The molecule has 0 amide bonds. The highest BCUT2D eigenvalue weighted by atomic mass is 16.5. The molecule has 0 spiro atoms. The molecule has 2 nitrogen and oxygen atoms in total. The van der Waals surface area contributed by atoms with E-state index in [1.54, 1.807) is 0 Å². The van der Waals surface area contributed by atoms with Crippen LogP contribution in [0.15, 0.2) is 0 Å². The summed E-state index contributed by atoms with van der Waals surface area (Å²) in [6.07, 6.45) is 2.01. The zero-order valence-electron chi connectivity index (χ0n) is 14.4. The van der Waals surface area contributed by atoms with Gasteiger partial charge in [0.15, 0.2) is 0 Å². The molecule has 0 fully saturated rings. The van der Waals surface area contributed by atoms with Gasteiger partial charge in [0.1, 0.15) is 0 Å². The number of hydrogen-bond donors (Lipinski definition) is 0. The van der Waals surface area contributed by atoms with E-state index < -0.39 is 5.41 Å². The highest BCUT2D eigenvalue weighted by molar-refractivity contribution is 5.76. The van der Waals surface area contributed by atoms with Gasteiger partial charge in [-0.1, -0.05) is 61.8 Å². The molecule has 0 bridgehead atoms. The lowest BCUT2D eigenvalue weighted by Gasteiger charge is -2.36. The van der Waals surface area contributed by atoms with Crippen LogP contribution in [0.3, 0.4) is 0 Å². The Morgan fingerprint density at radius 1 is 0.944 bits per heavy atom. The Hall–Kier alpha value is -0.530. The van der Waals surface area contributed by atoms with E-state index in [2.05, 4.69) is 27.7 Å². The maximum atomic E-state index is 11.8. The standard InChI is InChI=1S/C12H24O2.2C2H6/c1-7-8-9-14-10(13)12(5,6)11(2,3)4;2*1-2/h7-9H2,1-6H3;2*1-2H3. The number of ether oxygens (including phenoxy) is 1. The van der Waals surface area contributed by atoms with Gasteiger partial charge in [0.25, 0.3) is 0 Å². The fraction of sp³-hybridized carbons (Fsp3) is 0.938. The van der Waals surface area contributed by atoms with Gasteiger partial charge >= 0.3 is 5.97 Å². The van der Waals surface area contributed by atoms with Crippen molar-refractivity contribution in [1.82, 2.24) is 0 Å². The van der Waals surface area contributed by atoms with E-state index in [1.807, 2.05) is 41.5 Å². The normalized spacial score (nSPS) is 10.6. The third-order valence-corrected chi connectivity index (χ3v) is 3.12. The van der Waals surface area contributed by atoms with Gasteiger partial charge in [-0.25, -0.2) is 0 Å². The van der Waals surface area contributed by atoms with Crippen LogP contribution in [0.25, 0.3) is 0 Å². The molecule has 0 atom stereocenters. The molecule has 0 rings (SSSR count). The van der Waals surface area contributed by atoms with Crippen molar-refractivity contribution >= 4 is 5.97 Å². The first-order valence-corrected chi connectivity index (χ1v) is 7.40. The molecule has 0 saturated carbocycles. The molecule has 0 unspecified atom stereocenters. The second-order valence-electron chi connectivity index (χ2n) is 5.36. The number of unbranched alkanes of at least 4 members (excludes halogenated alkanes) is 1. The van der Waals surface area contributed by atoms with Gasteiger partial charge in [-0.15, -0.1) is 0 Å². The van der Waals surface area contributed by atoms with Crippen molar-refractivity contribution in [2.45, 2.75) is 82.1 Å². The number of carbonyl (C=O) groups excluding carboxylic acids is 1. The van der Waals surface area contributed by atoms with Crippen LogP contribution in [0.2, 0.25) is 0 Å². The topological polar surface area (TPSA) is 26.3 Å². The van der Waals surface area contributed by atoms with Crippen molar-refractivity contribution in [2.24, 2.45) is 10.8 Å². The molecule has 0 aromatic carbocycles. The van der Waals surface area contributed by atoms with Crippen molar-refractivity contribution < 1.29 is 9.53 Å². The van der Waals surface area contributed by atoms with E-state index in [4.69, 9.17) is 4.74 Å². The van der Waals surface area contributed by atoms with Crippen molar-refractivity contribution in [1.29, 1.82) is 0 Å². The van der Waals surface area contributed by atoms with Gasteiger partial charge in [-0.05, 0) is 25.7 Å². The van der Waals surface area contributed by atoms with Gasteiger partial charge < -0.3 is 4.74 Å². The van der Waals surface area contributed by atoms with Crippen LogP contribution in [0, 0.1) is 10.8 Å². The van der Waals surface area contributed by atoms with Crippen LogP contribution in [0.1, 0.15) is 82.1 Å². The third kappa shape index (κ3) is 8.54. The Morgan fingerprint density at radius 3 is 1.61 bits per heavy atom. The molecule has 0 N–H and O–H groups in total. The lowest BCUT2D eigenvalue weighted by Crippen LogP contribution is -2.39. The molecule has 0 aliphatic heterocycles. The van der Waals surface area contributed by atoms with Crippen LogP contribution in [0.5, 0.6) is 0 Å². The second-order valence-corrected chi connectivity index (χ2v) is 5.36. The van der Waals surface area contributed by atoms with E-state index in [0.29, 0.717) is 6.61 Å². The van der Waals surface area contributed by atoms with Gasteiger partial charge in [-0.3, -0.25) is 4.79 Å². The Balaban J connectivity index is -0.000000506. The first-order chi connectivity index (χ1) is 8.23.